The predicted octanol–water partition coefficient (Wildman–Crippen LogP) is 14.7. The van der Waals surface area contributed by atoms with Crippen LogP contribution >= 0.6 is 0 Å². The number of hydrogen-bond acceptors (Lipinski definition) is 3. The van der Waals surface area contributed by atoms with E-state index in [9.17, 15) is 0 Å². The summed E-state index contributed by atoms with van der Waals surface area (Å²) in [4.78, 5) is 10.6. The van der Waals surface area contributed by atoms with Crippen LogP contribution in [0.15, 0.2) is 114 Å². The number of benzene rings is 5. The highest BCUT2D eigenvalue weighted by Crippen LogP contribution is 2.43. The van der Waals surface area contributed by atoms with Gasteiger partial charge in [0.1, 0.15) is 17.0 Å². The molecule has 0 aliphatic rings. The van der Waals surface area contributed by atoms with E-state index < -0.39 is 8.07 Å². The number of pyridine rings is 1. The van der Waals surface area contributed by atoms with Crippen LogP contribution in [-0.2, 0) is 10.8 Å². The molecule has 0 aliphatic heterocycles. The fourth-order valence-corrected chi connectivity index (χ4v) is 9.37. The van der Waals surface area contributed by atoms with Crippen molar-refractivity contribution in [3.63, 3.8) is 0 Å². The summed E-state index contributed by atoms with van der Waals surface area (Å²) in [7, 11) is -1.41. The summed E-state index contributed by atoms with van der Waals surface area (Å²) in [5, 5.41) is 3.66. The zero-order valence-electron chi connectivity index (χ0n) is 36.8. The molecule has 0 bridgehead atoms. The first-order chi connectivity index (χ1) is 27.3. The second-order valence-electron chi connectivity index (χ2n) is 20.0. The topological polar surface area (TPSA) is 43.9 Å². The molecule has 0 saturated heterocycles. The summed E-state index contributed by atoms with van der Waals surface area (Å²) >= 11 is 0. The molecular weight excluding hydrogens is 723 g/mol. The van der Waals surface area contributed by atoms with Gasteiger partial charge in [0.15, 0.2) is 0 Å². The summed E-state index contributed by atoms with van der Waals surface area (Å²) in [5.41, 5.74) is 15.4. The minimum atomic E-state index is -1.41. The average molecular weight is 782 g/mol. The van der Waals surface area contributed by atoms with Gasteiger partial charge in [0.25, 0.3) is 0 Å². The van der Waals surface area contributed by atoms with Crippen molar-refractivity contribution in [3.05, 3.63) is 132 Å². The SMILES string of the molecule is CC(C)c1cc(-c2ccc([Si](C)(C)C)cc2)cc(C(C)C)c1-n1c(-c2cccc3c2oc2cc(-c4cc(C(C)(C)C)nc(C(C)(C)C)c4)ccc23)nc2ccccc21. The van der Waals surface area contributed by atoms with Crippen molar-refractivity contribution in [2.24, 2.45) is 0 Å². The Hall–Kier alpha value is -5.26. The van der Waals surface area contributed by atoms with Gasteiger partial charge in [-0.3, -0.25) is 9.55 Å². The Labute approximate surface area is 346 Å². The van der Waals surface area contributed by atoms with E-state index >= 15 is 0 Å². The van der Waals surface area contributed by atoms with Gasteiger partial charge in [0.2, 0.25) is 0 Å². The largest absolute Gasteiger partial charge is 0.455 e. The summed E-state index contributed by atoms with van der Waals surface area (Å²) in [6, 6.07) is 40.4. The lowest BCUT2D eigenvalue weighted by atomic mass is 9.85. The third-order valence-electron chi connectivity index (χ3n) is 11.7. The number of hydrogen-bond donors (Lipinski definition) is 0. The van der Waals surface area contributed by atoms with Crippen LogP contribution in [0.25, 0.3) is 72.3 Å². The van der Waals surface area contributed by atoms with Gasteiger partial charge < -0.3 is 4.42 Å². The molecule has 0 spiro atoms. The summed E-state index contributed by atoms with van der Waals surface area (Å²) in [5.74, 6) is 1.43. The minimum Gasteiger partial charge on any atom is -0.455 e. The van der Waals surface area contributed by atoms with Crippen LogP contribution in [0.2, 0.25) is 19.6 Å². The van der Waals surface area contributed by atoms with Crippen molar-refractivity contribution >= 4 is 46.2 Å². The Kier molecular flexibility index (Phi) is 9.71. The Morgan fingerprint density at radius 1 is 0.569 bits per heavy atom. The summed E-state index contributed by atoms with van der Waals surface area (Å²) < 4.78 is 9.40. The lowest BCUT2D eigenvalue weighted by molar-refractivity contribution is 0.531. The highest BCUT2D eigenvalue weighted by Gasteiger charge is 2.27. The fourth-order valence-electron chi connectivity index (χ4n) is 8.20. The Morgan fingerprint density at radius 3 is 1.74 bits per heavy atom. The maximum absolute atomic E-state index is 6.98. The zero-order valence-corrected chi connectivity index (χ0v) is 37.8. The van der Waals surface area contributed by atoms with Crippen LogP contribution in [0, 0.1) is 0 Å². The van der Waals surface area contributed by atoms with Crippen molar-refractivity contribution in [2.75, 3.05) is 0 Å². The molecule has 0 N–H and O–H groups in total. The van der Waals surface area contributed by atoms with Crippen molar-refractivity contribution in [1.29, 1.82) is 0 Å². The number of fused-ring (bicyclic) bond motifs is 4. The maximum Gasteiger partial charge on any atom is 0.149 e. The fraction of sp³-hybridized carbons (Fsp3) is 0.321. The van der Waals surface area contributed by atoms with E-state index in [0.717, 1.165) is 66.9 Å². The monoisotopic (exact) mass is 781 g/mol. The molecular formula is C53H59N3OSi. The highest BCUT2D eigenvalue weighted by atomic mass is 28.3. The van der Waals surface area contributed by atoms with E-state index in [1.54, 1.807) is 0 Å². The normalized spacial score (nSPS) is 12.9. The Morgan fingerprint density at radius 2 is 1.16 bits per heavy atom. The minimum absolute atomic E-state index is 0.0794. The standard InChI is InChI=1S/C53H59N3OSi/c1-32(2)42-27-36(34-21-24-38(25-22-34)58(11,12)13)28-43(33(3)4)49(42)56-45-20-15-14-19-44(45)54-51(56)41-18-16-17-40-39-26-23-35(29-46(39)57-50(40)41)37-30-47(52(5,6)7)55-48(31-37)53(8,9)10/h14-33H,1-13H3. The van der Waals surface area contributed by atoms with Crippen LogP contribution in [-0.4, -0.2) is 22.6 Å². The van der Waals surface area contributed by atoms with Crippen LogP contribution in [0.5, 0.6) is 0 Å². The van der Waals surface area contributed by atoms with E-state index in [0.29, 0.717) is 0 Å². The van der Waals surface area contributed by atoms with Crippen LogP contribution in [0.4, 0.5) is 0 Å². The number of aromatic nitrogens is 3. The molecule has 0 unspecified atom stereocenters. The smallest absolute Gasteiger partial charge is 0.149 e. The number of imidazole rings is 1. The van der Waals surface area contributed by atoms with Crippen LogP contribution < -0.4 is 5.19 Å². The second-order valence-corrected chi connectivity index (χ2v) is 25.1. The Balaban J connectivity index is 1.34. The first kappa shape index (κ1) is 39.6. The van der Waals surface area contributed by atoms with Crippen molar-refractivity contribution < 1.29 is 4.42 Å². The first-order valence-electron chi connectivity index (χ1n) is 21.1. The lowest BCUT2D eigenvalue weighted by Gasteiger charge is -2.25. The molecule has 5 heteroatoms. The highest BCUT2D eigenvalue weighted by molar-refractivity contribution is 6.88. The van der Waals surface area contributed by atoms with Crippen LogP contribution in [0.3, 0.4) is 0 Å². The van der Waals surface area contributed by atoms with E-state index in [4.69, 9.17) is 14.4 Å². The number of furan rings is 1. The summed E-state index contributed by atoms with van der Waals surface area (Å²) in [6.07, 6.45) is 0. The predicted molar refractivity (Wildman–Crippen MR) is 251 cm³/mol. The van der Waals surface area contributed by atoms with Crippen molar-refractivity contribution in [1.82, 2.24) is 14.5 Å². The molecule has 4 nitrogen and oxygen atoms in total. The van der Waals surface area contributed by atoms with Gasteiger partial charge in [-0.2, -0.15) is 0 Å². The lowest BCUT2D eigenvalue weighted by Crippen LogP contribution is -2.37. The molecule has 0 fully saturated rings. The molecule has 0 atom stereocenters. The van der Waals surface area contributed by atoms with Gasteiger partial charge in [-0.1, -0.05) is 149 Å². The quantitative estimate of drug-likeness (QED) is 0.151. The van der Waals surface area contributed by atoms with Gasteiger partial charge in [0, 0.05) is 33.0 Å². The van der Waals surface area contributed by atoms with Crippen LogP contribution in [0.1, 0.15) is 104 Å². The number of rotatable bonds is 7. The molecule has 0 aliphatic carbocycles. The van der Waals surface area contributed by atoms with Crippen molar-refractivity contribution in [2.45, 2.75) is 112 Å². The Bertz CT molecular complexity index is 2770. The molecule has 8 aromatic rings. The molecule has 0 amide bonds. The van der Waals surface area contributed by atoms with Gasteiger partial charge >= 0.3 is 0 Å². The number of nitrogens with zero attached hydrogens (tertiary/aromatic N) is 3. The third kappa shape index (κ3) is 7.12. The van der Waals surface area contributed by atoms with E-state index in [-0.39, 0.29) is 22.7 Å². The van der Waals surface area contributed by atoms with Gasteiger partial charge in [0.05, 0.1) is 30.4 Å². The zero-order chi connectivity index (χ0) is 41.5. The summed E-state index contributed by atoms with van der Waals surface area (Å²) in [6.45, 7) is 29.9. The van der Waals surface area contributed by atoms with E-state index in [1.807, 2.05) is 0 Å². The van der Waals surface area contributed by atoms with E-state index in [2.05, 4.69) is 203 Å². The average Bonchev–Trinajstić information content (AvgIpc) is 3.74. The molecule has 0 radical (unpaired) electrons. The molecule has 3 aromatic heterocycles. The van der Waals surface area contributed by atoms with Gasteiger partial charge in [-0.05, 0) is 99.8 Å². The maximum atomic E-state index is 6.98. The molecule has 5 aromatic carbocycles. The molecule has 8 rings (SSSR count). The number of para-hydroxylation sites is 3. The molecule has 296 valence electrons. The molecule has 58 heavy (non-hydrogen) atoms. The molecule has 0 saturated carbocycles. The molecule has 3 heterocycles. The van der Waals surface area contributed by atoms with E-state index in [1.165, 1.54) is 33.1 Å². The first-order valence-corrected chi connectivity index (χ1v) is 24.6. The van der Waals surface area contributed by atoms with Gasteiger partial charge in [-0.15, -0.1) is 0 Å². The van der Waals surface area contributed by atoms with Gasteiger partial charge in [-0.25, -0.2) is 4.98 Å². The van der Waals surface area contributed by atoms with Crippen molar-refractivity contribution in [3.8, 4) is 39.3 Å². The third-order valence-corrected chi connectivity index (χ3v) is 13.8. The second kappa shape index (κ2) is 14.2.